The van der Waals surface area contributed by atoms with E-state index in [9.17, 15) is 18.4 Å². The fourth-order valence-corrected chi connectivity index (χ4v) is 2.43. The second-order valence-corrected chi connectivity index (χ2v) is 5.47. The molecule has 0 unspecified atom stereocenters. The van der Waals surface area contributed by atoms with Crippen molar-refractivity contribution in [2.75, 3.05) is 32.7 Å². The summed E-state index contributed by atoms with van der Waals surface area (Å²) in [6, 6.07) is 1.99. The molecule has 0 aromatic heterocycles. The zero-order valence-electron chi connectivity index (χ0n) is 11.1. The molecule has 5 nitrogen and oxygen atoms in total. The van der Waals surface area contributed by atoms with Gasteiger partial charge in [0.25, 0.3) is 5.91 Å². The Hall–Kier alpha value is -1.54. The van der Waals surface area contributed by atoms with Crippen molar-refractivity contribution >= 4 is 27.7 Å². The molecule has 21 heavy (non-hydrogen) atoms. The summed E-state index contributed by atoms with van der Waals surface area (Å²) >= 11 is 2.93. The van der Waals surface area contributed by atoms with Crippen molar-refractivity contribution in [3.63, 3.8) is 0 Å². The Morgan fingerprint density at radius 2 is 1.81 bits per heavy atom. The first-order valence-corrected chi connectivity index (χ1v) is 7.19. The Morgan fingerprint density at radius 1 is 1.24 bits per heavy atom. The molecule has 0 saturated carbocycles. The SMILES string of the molecule is O=C(NCC(=O)N1CCNCC1)c1c(F)cc(Br)cc1F. The summed E-state index contributed by atoms with van der Waals surface area (Å²) in [5.41, 5.74) is -0.689. The number of nitrogens with zero attached hydrogens (tertiary/aromatic N) is 1. The molecule has 2 N–H and O–H groups in total. The predicted molar refractivity (Wildman–Crippen MR) is 75.8 cm³/mol. The Bertz CT molecular complexity index is 539. The maximum absolute atomic E-state index is 13.6. The highest BCUT2D eigenvalue weighted by Gasteiger charge is 2.21. The molecule has 0 spiro atoms. The number of hydrogen-bond donors (Lipinski definition) is 2. The summed E-state index contributed by atoms with van der Waals surface area (Å²) in [6.45, 7) is 2.20. The summed E-state index contributed by atoms with van der Waals surface area (Å²) in [6.07, 6.45) is 0. The third-order valence-corrected chi connectivity index (χ3v) is 3.56. The highest BCUT2D eigenvalue weighted by molar-refractivity contribution is 9.10. The lowest BCUT2D eigenvalue weighted by Crippen LogP contribution is -2.49. The number of nitrogens with one attached hydrogen (secondary N) is 2. The average molecular weight is 362 g/mol. The monoisotopic (exact) mass is 361 g/mol. The van der Waals surface area contributed by atoms with E-state index in [4.69, 9.17) is 0 Å². The van der Waals surface area contributed by atoms with Gasteiger partial charge in [-0.2, -0.15) is 0 Å². The molecule has 0 aliphatic carbocycles. The van der Waals surface area contributed by atoms with Crippen LogP contribution in [0, 0.1) is 11.6 Å². The molecule has 8 heteroatoms. The Kier molecular flexibility index (Phi) is 5.24. The summed E-state index contributed by atoms with van der Waals surface area (Å²) in [5, 5.41) is 5.35. The molecule has 0 radical (unpaired) electrons. The van der Waals surface area contributed by atoms with E-state index >= 15 is 0 Å². The molecule has 2 amide bonds. The summed E-state index contributed by atoms with van der Waals surface area (Å²) in [5.74, 6) is -3.17. The van der Waals surface area contributed by atoms with Crippen LogP contribution in [0.4, 0.5) is 8.78 Å². The van der Waals surface area contributed by atoms with Gasteiger partial charge in [-0.15, -0.1) is 0 Å². The van der Waals surface area contributed by atoms with Crippen LogP contribution in [0.1, 0.15) is 10.4 Å². The van der Waals surface area contributed by atoms with Crippen molar-refractivity contribution in [2.24, 2.45) is 0 Å². The minimum atomic E-state index is -0.978. The van der Waals surface area contributed by atoms with E-state index < -0.39 is 23.1 Å². The van der Waals surface area contributed by atoms with E-state index in [1.807, 2.05) is 0 Å². The van der Waals surface area contributed by atoms with Crippen molar-refractivity contribution < 1.29 is 18.4 Å². The van der Waals surface area contributed by atoms with Gasteiger partial charge in [0.05, 0.1) is 6.54 Å². The van der Waals surface area contributed by atoms with E-state index in [2.05, 4.69) is 26.6 Å². The first kappa shape index (κ1) is 15.8. The molecule has 2 rings (SSSR count). The van der Waals surface area contributed by atoms with Gasteiger partial charge >= 0.3 is 0 Å². The number of rotatable bonds is 3. The van der Waals surface area contributed by atoms with Crippen LogP contribution in [0.2, 0.25) is 0 Å². The minimum absolute atomic E-state index is 0.200. The quantitative estimate of drug-likeness (QED) is 0.840. The first-order valence-electron chi connectivity index (χ1n) is 6.40. The average Bonchev–Trinajstić information content (AvgIpc) is 2.44. The lowest BCUT2D eigenvalue weighted by Gasteiger charge is -2.27. The molecule has 1 aliphatic heterocycles. The van der Waals surface area contributed by atoms with Crippen molar-refractivity contribution in [3.8, 4) is 0 Å². The largest absolute Gasteiger partial charge is 0.343 e. The first-order chi connectivity index (χ1) is 9.99. The maximum Gasteiger partial charge on any atom is 0.257 e. The lowest BCUT2D eigenvalue weighted by molar-refractivity contribution is -0.130. The second-order valence-electron chi connectivity index (χ2n) is 4.56. The van der Waals surface area contributed by atoms with Gasteiger partial charge in [0.2, 0.25) is 5.91 Å². The number of hydrogen-bond acceptors (Lipinski definition) is 3. The predicted octanol–water partition coefficient (Wildman–Crippen LogP) is 0.889. The molecular formula is C13H14BrF2N3O2. The van der Waals surface area contributed by atoms with Crippen LogP contribution in [-0.4, -0.2) is 49.4 Å². The van der Waals surface area contributed by atoms with Gasteiger partial charge in [0.1, 0.15) is 17.2 Å². The van der Waals surface area contributed by atoms with Gasteiger partial charge in [0, 0.05) is 30.7 Å². The number of amides is 2. The molecule has 0 atom stereocenters. The fourth-order valence-electron chi connectivity index (χ4n) is 2.03. The highest BCUT2D eigenvalue weighted by Crippen LogP contribution is 2.19. The van der Waals surface area contributed by atoms with Crippen LogP contribution >= 0.6 is 15.9 Å². The molecule has 1 saturated heterocycles. The second kappa shape index (κ2) is 6.95. The van der Waals surface area contributed by atoms with Crippen molar-refractivity contribution in [3.05, 3.63) is 33.8 Å². The Morgan fingerprint density at radius 3 is 2.38 bits per heavy atom. The molecule has 1 aliphatic rings. The van der Waals surface area contributed by atoms with Gasteiger partial charge in [-0.3, -0.25) is 9.59 Å². The normalized spacial score (nSPS) is 14.9. The van der Waals surface area contributed by atoms with Gasteiger partial charge < -0.3 is 15.5 Å². The number of carbonyl (C=O) groups is 2. The van der Waals surface area contributed by atoms with E-state index in [0.29, 0.717) is 26.2 Å². The van der Waals surface area contributed by atoms with Crippen LogP contribution in [0.15, 0.2) is 16.6 Å². The van der Waals surface area contributed by atoms with E-state index in [1.165, 1.54) is 0 Å². The van der Waals surface area contributed by atoms with Crippen LogP contribution < -0.4 is 10.6 Å². The van der Waals surface area contributed by atoms with Crippen molar-refractivity contribution in [1.29, 1.82) is 0 Å². The van der Waals surface area contributed by atoms with Gasteiger partial charge in [-0.1, -0.05) is 15.9 Å². The third-order valence-electron chi connectivity index (χ3n) is 3.10. The Balaban J connectivity index is 1.97. The molecule has 114 valence electrons. The van der Waals surface area contributed by atoms with Crippen LogP contribution in [-0.2, 0) is 4.79 Å². The zero-order valence-corrected chi connectivity index (χ0v) is 12.7. The van der Waals surface area contributed by atoms with Crippen LogP contribution in [0.5, 0.6) is 0 Å². The summed E-state index contributed by atoms with van der Waals surface area (Å²) < 4.78 is 27.4. The molecule has 1 aromatic carbocycles. The lowest BCUT2D eigenvalue weighted by atomic mass is 10.2. The molecule has 1 aromatic rings. The summed E-state index contributed by atoms with van der Waals surface area (Å²) in [4.78, 5) is 25.2. The fraction of sp³-hybridized carbons (Fsp3) is 0.385. The van der Waals surface area contributed by atoms with Gasteiger partial charge in [0.15, 0.2) is 0 Å². The molecule has 1 heterocycles. The van der Waals surface area contributed by atoms with Crippen molar-refractivity contribution in [1.82, 2.24) is 15.5 Å². The smallest absolute Gasteiger partial charge is 0.257 e. The van der Waals surface area contributed by atoms with Crippen LogP contribution in [0.3, 0.4) is 0 Å². The topological polar surface area (TPSA) is 61.4 Å². The molecule has 0 bridgehead atoms. The number of halogens is 3. The number of benzene rings is 1. The van der Waals surface area contributed by atoms with Gasteiger partial charge in [-0.25, -0.2) is 8.78 Å². The van der Waals surface area contributed by atoms with E-state index in [0.717, 1.165) is 12.1 Å². The third kappa shape index (κ3) is 3.98. The number of carbonyl (C=O) groups excluding carboxylic acids is 2. The van der Waals surface area contributed by atoms with Gasteiger partial charge in [-0.05, 0) is 12.1 Å². The standard InChI is InChI=1S/C13H14BrF2N3O2/c14-8-5-9(15)12(10(16)6-8)13(21)18-7-11(20)19-3-1-17-2-4-19/h5-6,17H,1-4,7H2,(H,18,21). The summed E-state index contributed by atoms with van der Waals surface area (Å²) in [7, 11) is 0. The molecule has 1 fully saturated rings. The molecular weight excluding hydrogens is 348 g/mol. The van der Waals surface area contributed by atoms with E-state index in [1.54, 1.807) is 4.90 Å². The van der Waals surface area contributed by atoms with E-state index in [-0.39, 0.29) is 16.9 Å². The van der Waals surface area contributed by atoms with Crippen LogP contribution in [0.25, 0.3) is 0 Å². The van der Waals surface area contributed by atoms with Crippen molar-refractivity contribution in [2.45, 2.75) is 0 Å². The maximum atomic E-state index is 13.6. The highest BCUT2D eigenvalue weighted by atomic mass is 79.9. The Labute approximate surface area is 128 Å². The zero-order chi connectivity index (χ0) is 15.4. The number of piperazine rings is 1. The minimum Gasteiger partial charge on any atom is -0.343 e.